The van der Waals surface area contributed by atoms with Crippen LogP contribution in [0.15, 0.2) is 48.8 Å². The number of carbonyl (C=O) groups is 2. The summed E-state index contributed by atoms with van der Waals surface area (Å²) in [5, 5.41) is 0.526. The summed E-state index contributed by atoms with van der Waals surface area (Å²) in [5.41, 5.74) is 8.36. The highest BCUT2D eigenvalue weighted by molar-refractivity contribution is 6.35. The molecule has 2 aromatic carbocycles. The number of fused-ring (bicyclic) bond motifs is 1. The first kappa shape index (κ1) is 27.9. The van der Waals surface area contributed by atoms with E-state index in [1.165, 1.54) is 35.5 Å². The van der Waals surface area contributed by atoms with Gasteiger partial charge in [-0.05, 0) is 59.7 Å². The van der Waals surface area contributed by atoms with E-state index in [4.69, 9.17) is 38.4 Å². The molecule has 2 heterocycles. The summed E-state index contributed by atoms with van der Waals surface area (Å²) >= 11 is 12.7. The molecule has 0 radical (unpaired) electrons. The van der Waals surface area contributed by atoms with Crippen LogP contribution in [0.1, 0.15) is 46.0 Å². The number of hydrogen-bond acceptors (Lipinski definition) is 7. The van der Waals surface area contributed by atoms with E-state index in [-0.39, 0.29) is 47.0 Å². The number of nitrogen functional groups attached to an aromatic ring is 1. The molecule has 1 aromatic heterocycles. The molecule has 2 N–H and O–H groups in total. The van der Waals surface area contributed by atoms with Gasteiger partial charge in [0.2, 0.25) is 0 Å². The van der Waals surface area contributed by atoms with Gasteiger partial charge in [-0.15, -0.1) is 0 Å². The van der Waals surface area contributed by atoms with Crippen molar-refractivity contribution in [1.29, 1.82) is 0 Å². The van der Waals surface area contributed by atoms with Crippen LogP contribution in [0.3, 0.4) is 0 Å². The molecule has 0 spiro atoms. The molecular formula is C28H25Cl2F2N3O5. The van der Waals surface area contributed by atoms with Crippen molar-refractivity contribution in [3.05, 3.63) is 81.1 Å². The number of aromatic nitrogens is 1. The number of nitrogens with two attached hydrogens (primary N) is 1. The Kier molecular flexibility index (Phi) is 8.27. The van der Waals surface area contributed by atoms with Crippen molar-refractivity contribution in [3.8, 4) is 11.5 Å². The highest BCUT2D eigenvalue weighted by atomic mass is 35.5. The summed E-state index contributed by atoms with van der Waals surface area (Å²) in [7, 11) is 0. The summed E-state index contributed by atoms with van der Waals surface area (Å²) in [5.74, 6) is -0.706. The van der Waals surface area contributed by atoms with Crippen LogP contribution < -0.4 is 15.2 Å². The average molecular weight is 592 g/mol. The molecule has 2 aliphatic rings. The lowest BCUT2D eigenvalue weighted by molar-refractivity contribution is -0.150. The van der Waals surface area contributed by atoms with Gasteiger partial charge in [-0.2, -0.15) is 8.78 Å². The van der Waals surface area contributed by atoms with Gasteiger partial charge in [0.1, 0.15) is 12.6 Å². The molecular weight excluding hydrogens is 567 g/mol. The molecule has 1 atom stereocenters. The fraction of sp³-hybridized carbons (Fsp3) is 0.321. The largest absolute Gasteiger partial charge is 0.489 e. The predicted octanol–water partition coefficient (Wildman–Crippen LogP) is 5.84. The number of halogens is 4. The number of alkyl halides is 2. The Morgan fingerprint density at radius 2 is 1.85 bits per heavy atom. The minimum Gasteiger partial charge on any atom is -0.489 e. The summed E-state index contributed by atoms with van der Waals surface area (Å²) < 4.78 is 42.4. The van der Waals surface area contributed by atoms with Crippen LogP contribution in [-0.2, 0) is 22.5 Å². The number of ether oxygens (including phenoxy) is 3. The van der Waals surface area contributed by atoms with Gasteiger partial charge in [0.25, 0.3) is 5.91 Å². The number of nitrogens with zero attached hydrogens (tertiary/aromatic N) is 2. The Labute approximate surface area is 238 Å². The molecule has 12 heteroatoms. The molecule has 1 amide bonds. The van der Waals surface area contributed by atoms with Crippen molar-refractivity contribution >= 4 is 40.8 Å². The maximum Gasteiger partial charge on any atom is 0.387 e. The van der Waals surface area contributed by atoms with Crippen molar-refractivity contribution in [2.75, 3.05) is 18.9 Å². The number of pyridine rings is 1. The van der Waals surface area contributed by atoms with Crippen molar-refractivity contribution < 1.29 is 32.6 Å². The summed E-state index contributed by atoms with van der Waals surface area (Å²) in [6, 6.07) is 9.35. The topological polar surface area (TPSA) is 104 Å². The number of hydrogen-bond donors (Lipinski definition) is 1. The first-order chi connectivity index (χ1) is 19.2. The molecule has 0 bridgehead atoms. The molecule has 210 valence electrons. The van der Waals surface area contributed by atoms with Crippen molar-refractivity contribution in [1.82, 2.24) is 9.88 Å². The Balaban J connectivity index is 1.40. The number of benzene rings is 2. The minimum atomic E-state index is -3.05. The van der Waals surface area contributed by atoms with E-state index in [1.54, 1.807) is 18.2 Å². The quantitative estimate of drug-likeness (QED) is 0.220. The fourth-order valence-corrected chi connectivity index (χ4v) is 4.95. The maximum atomic E-state index is 13.2. The molecule has 5 rings (SSSR count). The van der Waals surface area contributed by atoms with E-state index in [0.717, 1.165) is 18.4 Å². The monoisotopic (exact) mass is 591 g/mol. The smallest absolute Gasteiger partial charge is 0.387 e. The third-order valence-electron chi connectivity index (χ3n) is 6.68. The summed E-state index contributed by atoms with van der Waals surface area (Å²) in [6.07, 6.45) is 3.91. The third kappa shape index (κ3) is 6.56. The van der Waals surface area contributed by atoms with Gasteiger partial charge in [0, 0.05) is 36.6 Å². The molecule has 40 heavy (non-hydrogen) atoms. The van der Waals surface area contributed by atoms with Crippen LogP contribution in [0.4, 0.5) is 14.5 Å². The minimum absolute atomic E-state index is 0.0494. The van der Waals surface area contributed by atoms with Crippen LogP contribution in [0.25, 0.3) is 0 Å². The predicted molar refractivity (Wildman–Crippen MR) is 144 cm³/mol. The van der Waals surface area contributed by atoms with Crippen molar-refractivity contribution in [2.24, 2.45) is 5.92 Å². The van der Waals surface area contributed by atoms with Gasteiger partial charge in [-0.1, -0.05) is 35.3 Å². The molecule has 8 nitrogen and oxygen atoms in total. The van der Waals surface area contributed by atoms with Crippen LogP contribution >= 0.6 is 23.2 Å². The number of anilines is 1. The fourth-order valence-electron chi connectivity index (χ4n) is 4.43. The standard InChI is InChI=1S/C28H25Cl2F2N3O5/c29-21-10-34-11-22(30)20(21)9-24(16-4-6-23(40-28(31)32)25(7-16)38-14-15-1-2-15)39-26(36)13-35-12-17-3-5-18(33)8-19(17)27(35)37/h3-8,10-11,15,24,28H,1-2,9,12-14,33H2/t24-/m0/s1. The Bertz CT molecular complexity index is 1420. The van der Waals surface area contributed by atoms with E-state index in [1.807, 2.05) is 0 Å². The van der Waals surface area contributed by atoms with Gasteiger partial charge in [0.15, 0.2) is 11.5 Å². The van der Waals surface area contributed by atoms with E-state index in [9.17, 15) is 18.4 Å². The lowest BCUT2D eigenvalue weighted by Gasteiger charge is -2.23. The second-order valence-corrected chi connectivity index (χ2v) is 10.5. The average Bonchev–Trinajstić information content (AvgIpc) is 3.69. The van der Waals surface area contributed by atoms with Crippen LogP contribution in [0, 0.1) is 5.92 Å². The highest BCUT2D eigenvalue weighted by Crippen LogP contribution is 2.38. The van der Waals surface area contributed by atoms with Gasteiger partial charge >= 0.3 is 12.6 Å². The summed E-state index contributed by atoms with van der Waals surface area (Å²) in [6.45, 7) is -2.79. The van der Waals surface area contributed by atoms with Gasteiger partial charge < -0.3 is 24.8 Å². The number of carbonyl (C=O) groups excluding carboxylic acids is 2. The third-order valence-corrected chi connectivity index (χ3v) is 7.33. The van der Waals surface area contributed by atoms with Gasteiger partial charge in [0.05, 0.1) is 16.7 Å². The first-order valence-corrected chi connectivity index (χ1v) is 13.3. The van der Waals surface area contributed by atoms with E-state index in [0.29, 0.717) is 34.9 Å². The zero-order valence-electron chi connectivity index (χ0n) is 21.1. The molecule has 3 aromatic rings. The van der Waals surface area contributed by atoms with Crippen molar-refractivity contribution in [3.63, 3.8) is 0 Å². The zero-order valence-corrected chi connectivity index (χ0v) is 22.6. The normalized spacial score (nSPS) is 15.2. The molecule has 1 aliphatic carbocycles. The van der Waals surface area contributed by atoms with E-state index >= 15 is 0 Å². The van der Waals surface area contributed by atoms with E-state index in [2.05, 4.69) is 9.72 Å². The van der Waals surface area contributed by atoms with Crippen molar-refractivity contribution in [2.45, 2.75) is 38.5 Å². The lowest BCUT2D eigenvalue weighted by Crippen LogP contribution is -2.32. The van der Waals surface area contributed by atoms with Crippen LogP contribution in [0.2, 0.25) is 10.0 Å². The van der Waals surface area contributed by atoms with Crippen LogP contribution in [-0.4, -0.2) is 41.5 Å². The maximum absolute atomic E-state index is 13.2. The Morgan fingerprint density at radius 3 is 2.55 bits per heavy atom. The number of esters is 1. The summed E-state index contributed by atoms with van der Waals surface area (Å²) in [4.78, 5) is 31.3. The Hall–Kier alpha value is -3.63. The molecule has 0 saturated heterocycles. The molecule has 1 fully saturated rings. The Morgan fingerprint density at radius 1 is 1.10 bits per heavy atom. The highest BCUT2D eigenvalue weighted by Gasteiger charge is 2.31. The van der Waals surface area contributed by atoms with Gasteiger partial charge in [-0.25, -0.2) is 0 Å². The molecule has 1 aliphatic heterocycles. The number of amides is 1. The van der Waals surface area contributed by atoms with E-state index < -0.39 is 18.7 Å². The van der Waals surface area contributed by atoms with Crippen LogP contribution in [0.5, 0.6) is 11.5 Å². The second kappa shape index (κ2) is 11.9. The molecule has 1 saturated carbocycles. The lowest BCUT2D eigenvalue weighted by atomic mass is 10.0. The van der Waals surface area contributed by atoms with Gasteiger partial charge in [-0.3, -0.25) is 14.6 Å². The molecule has 0 unspecified atom stereocenters. The SMILES string of the molecule is Nc1ccc2c(c1)C(=O)N(CC(=O)O[C@@H](Cc1c(Cl)cncc1Cl)c1ccc(OC(F)F)c(OCC3CC3)c1)C2. The zero-order chi connectivity index (χ0) is 28.4. The number of rotatable bonds is 11. The first-order valence-electron chi connectivity index (χ1n) is 12.5. The second-order valence-electron chi connectivity index (χ2n) is 9.68.